The molecule has 0 heterocycles. The first-order chi connectivity index (χ1) is 9.54. The summed E-state index contributed by atoms with van der Waals surface area (Å²) < 4.78 is 13.8. The molecule has 0 aliphatic heterocycles. The maximum atomic E-state index is 13.8. The van der Waals surface area contributed by atoms with Crippen LogP contribution in [0.3, 0.4) is 0 Å². The van der Waals surface area contributed by atoms with Crippen LogP contribution in [-0.2, 0) is 0 Å². The van der Waals surface area contributed by atoms with Crippen molar-refractivity contribution in [3.8, 4) is 6.07 Å². The smallest absolute Gasteiger partial charge is 0.261 e. The van der Waals surface area contributed by atoms with Crippen molar-refractivity contribution < 1.29 is 9.18 Å². The standard InChI is InChI=1S/C15H12FN3O/c1-19(14-5-3-2-4-10(14)9-17)15(20)12-7-6-11(18)8-13(12)16/h2-8H,18H2,1H3. The van der Waals surface area contributed by atoms with Crippen LogP contribution in [0.25, 0.3) is 0 Å². The molecule has 0 bridgehead atoms. The topological polar surface area (TPSA) is 70.1 Å². The van der Waals surface area contributed by atoms with Crippen LogP contribution in [0.4, 0.5) is 15.8 Å². The number of nitrogens with zero attached hydrogens (tertiary/aromatic N) is 2. The lowest BCUT2D eigenvalue weighted by Crippen LogP contribution is -2.27. The van der Waals surface area contributed by atoms with Crippen LogP contribution in [0, 0.1) is 17.1 Å². The van der Waals surface area contributed by atoms with Crippen molar-refractivity contribution in [1.29, 1.82) is 5.26 Å². The van der Waals surface area contributed by atoms with Crippen LogP contribution in [0.15, 0.2) is 42.5 Å². The Morgan fingerprint density at radius 1 is 1.30 bits per heavy atom. The summed E-state index contributed by atoms with van der Waals surface area (Å²) in [5.74, 6) is -1.22. The molecule has 2 rings (SSSR count). The van der Waals surface area contributed by atoms with Gasteiger partial charge in [0.2, 0.25) is 0 Å². The minimum Gasteiger partial charge on any atom is -0.399 e. The minimum absolute atomic E-state index is 0.0885. The summed E-state index contributed by atoms with van der Waals surface area (Å²) in [6, 6.07) is 12.5. The molecule has 0 fully saturated rings. The summed E-state index contributed by atoms with van der Waals surface area (Å²) in [5, 5.41) is 9.03. The Labute approximate surface area is 115 Å². The zero-order valence-corrected chi connectivity index (χ0v) is 10.8. The van der Waals surface area contributed by atoms with E-state index in [1.807, 2.05) is 6.07 Å². The first-order valence-electron chi connectivity index (χ1n) is 5.87. The number of carbonyl (C=O) groups is 1. The minimum atomic E-state index is -0.684. The lowest BCUT2D eigenvalue weighted by Gasteiger charge is -2.19. The second-order valence-electron chi connectivity index (χ2n) is 4.23. The van der Waals surface area contributed by atoms with Gasteiger partial charge in [-0.05, 0) is 30.3 Å². The van der Waals surface area contributed by atoms with Gasteiger partial charge in [0.05, 0.1) is 16.8 Å². The molecule has 20 heavy (non-hydrogen) atoms. The summed E-state index contributed by atoms with van der Waals surface area (Å²) in [4.78, 5) is 13.5. The van der Waals surface area contributed by atoms with Crippen molar-refractivity contribution in [2.45, 2.75) is 0 Å². The summed E-state index contributed by atoms with van der Waals surface area (Å²) >= 11 is 0. The highest BCUT2D eigenvalue weighted by Crippen LogP contribution is 2.21. The van der Waals surface area contributed by atoms with Crippen LogP contribution in [0.1, 0.15) is 15.9 Å². The number of anilines is 2. The van der Waals surface area contributed by atoms with Crippen LogP contribution in [0.2, 0.25) is 0 Å². The van der Waals surface area contributed by atoms with Crippen molar-refractivity contribution in [2.24, 2.45) is 0 Å². The maximum Gasteiger partial charge on any atom is 0.261 e. The molecule has 100 valence electrons. The number of amides is 1. The summed E-state index contributed by atoms with van der Waals surface area (Å²) in [5.41, 5.74) is 6.39. The fourth-order valence-electron chi connectivity index (χ4n) is 1.86. The van der Waals surface area contributed by atoms with Crippen LogP contribution < -0.4 is 10.6 Å². The Balaban J connectivity index is 2.41. The number of carbonyl (C=O) groups excluding carboxylic acids is 1. The average molecular weight is 269 g/mol. The molecule has 1 amide bonds. The molecule has 0 radical (unpaired) electrons. The Kier molecular flexibility index (Phi) is 3.67. The zero-order chi connectivity index (χ0) is 14.7. The molecule has 4 nitrogen and oxygen atoms in total. The fraction of sp³-hybridized carbons (Fsp3) is 0.0667. The molecule has 0 aliphatic carbocycles. The van der Waals surface area contributed by atoms with Crippen molar-refractivity contribution in [1.82, 2.24) is 0 Å². The van der Waals surface area contributed by atoms with Gasteiger partial charge in [-0.3, -0.25) is 4.79 Å². The molecule has 0 spiro atoms. The number of rotatable bonds is 2. The number of nitriles is 1. The number of halogens is 1. The zero-order valence-electron chi connectivity index (χ0n) is 10.8. The van der Waals surface area contributed by atoms with Gasteiger partial charge in [0.15, 0.2) is 0 Å². The second-order valence-corrected chi connectivity index (χ2v) is 4.23. The van der Waals surface area contributed by atoms with E-state index < -0.39 is 11.7 Å². The van der Waals surface area contributed by atoms with Gasteiger partial charge in [-0.25, -0.2) is 4.39 Å². The summed E-state index contributed by atoms with van der Waals surface area (Å²) in [7, 11) is 1.49. The third-order valence-electron chi connectivity index (χ3n) is 2.91. The van der Waals surface area contributed by atoms with E-state index in [9.17, 15) is 9.18 Å². The Morgan fingerprint density at radius 2 is 2.00 bits per heavy atom. The first kappa shape index (κ1) is 13.6. The van der Waals surface area contributed by atoms with E-state index >= 15 is 0 Å². The number of para-hydroxylation sites is 1. The van der Waals surface area contributed by atoms with E-state index in [1.165, 1.54) is 24.1 Å². The Bertz CT molecular complexity index is 707. The molecule has 5 heteroatoms. The predicted molar refractivity (Wildman–Crippen MR) is 74.7 cm³/mol. The van der Waals surface area contributed by atoms with Crippen molar-refractivity contribution in [2.75, 3.05) is 17.7 Å². The van der Waals surface area contributed by atoms with Crippen molar-refractivity contribution in [3.05, 3.63) is 59.4 Å². The van der Waals surface area contributed by atoms with E-state index in [0.717, 1.165) is 6.07 Å². The van der Waals surface area contributed by atoms with E-state index in [-0.39, 0.29) is 11.3 Å². The van der Waals surface area contributed by atoms with E-state index in [0.29, 0.717) is 11.3 Å². The van der Waals surface area contributed by atoms with E-state index in [2.05, 4.69) is 0 Å². The molecule has 2 N–H and O–H groups in total. The highest BCUT2D eigenvalue weighted by molar-refractivity contribution is 6.06. The number of nitrogens with two attached hydrogens (primary N) is 1. The Hall–Kier alpha value is -2.87. The lowest BCUT2D eigenvalue weighted by molar-refractivity contribution is 0.0989. The van der Waals surface area contributed by atoms with Gasteiger partial charge in [-0.15, -0.1) is 0 Å². The molecule has 0 aliphatic rings. The maximum absolute atomic E-state index is 13.8. The third kappa shape index (κ3) is 2.45. The van der Waals surface area contributed by atoms with E-state index in [1.54, 1.807) is 24.3 Å². The van der Waals surface area contributed by atoms with Gasteiger partial charge in [0.25, 0.3) is 5.91 Å². The third-order valence-corrected chi connectivity index (χ3v) is 2.91. The molecule has 0 saturated heterocycles. The van der Waals surface area contributed by atoms with Gasteiger partial charge < -0.3 is 10.6 Å². The quantitative estimate of drug-likeness (QED) is 0.852. The van der Waals surface area contributed by atoms with Crippen molar-refractivity contribution in [3.63, 3.8) is 0 Å². The van der Waals surface area contributed by atoms with Gasteiger partial charge >= 0.3 is 0 Å². The normalized spacial score (nSPS) is 9.85. The number of hydrogen-bond acceptors (Lipinski definition) is 3. The van der Waals surface area contributed by atoms with Gasteiger partial charge in [0, 0.05) is 12.7 Å². The largest absolute Gasteiger partial charge is 0.399 e. The summed E-state index contributed by atoms with van der Waals surface area (Å²) in [6.07, 6.45) is 0. The monoisotopic (exact) mass is 269 g/mol. The molecule has 0 saturated carbocycles. The number of benzene rings is 2. The predicted octanol–water partition coefficient (Wildman–Crippen LogP) is 2.56. The second kappa shape index (κ2) is 5.41. The average Bonchev–Trinajstić information content (AvgIpc) is 2.45. The fourth-order valence-corrected chi connectivity index (χ4v) is 1.86. The molecule has 0 atom stereocenters. The molecule has 0 unspecified atom stereocenters. The molecule has 2 aromatic rings. The lowest BCUT2D eigenvalue weighted by atomic mass is 10.1. The number of nitrogen functional groups attached to an aromatic ring is 1. The number of hydrogen-bond donors (Lipinski definition) is 1. The Morgan fingerprint density at radius 3 is 2.65 bits per heavy atom. The van der Waals surface area contributed by atoms with Crippen LogP contribution in [0.5, 0.6) is 0 Å². The molecular formula is C15H12FN3O. The van der Waals surface area contributed by atoms with Crippen molar-refractivity contribution >= 4 is 17.3 Å². The molecule has 0 aromatic heterocycles. The highest BCUT2D eigenvalue weighted by atomic mass is 19.1. The molecular weight excluding hydrogens is 257 g/mol. The van der Waals surface area contributed by atoms with Gasteiger partial charge in [0.1, 0.15) is 11.9 Å². The van der Waals surface area contributed by atoms with Crippen LogP contribution in [-0.4, -0.2) is 13.0 Å². The SMILES string of the molecule is CN(C(=O)c1ccc(N)cc1F)c1ccccc1C#N. The molecule has 2 aromatic carbocycles. The summed E-state index contributed by atoms with van der Waals surface area (Å²) in [6.45, 7) is 0. The first-order valence-corrected chi connectivity index (χ1v) is 5.87. The van der Waals surface area contributed by atoms with Crippen LogP contribution >= 0.6 is 0 Å². The highest BCUT2D eigenvalue weighted by Gasteiger charge is 2.19. The van der Waals surface area contributed by atoms with E-state index in [4.69, 9.17) is 11.0 Å². The van der Waals surface area contributed by atoms with Gasteiger partial charge in [-0.1, -0.05) is 12.1 Å². The van der Waals surface area contributed by atoms with Gasteiger partial charge in [-0.2, -0.15) is 5.26 Å².